The Kier molecular flexibility index (Phi) is 6.02. The highest BCUT2D eigenvalue weighted by Gasteiger charge is 2.07. The molecule has 0 bridgehead atoms. The van der Waals surface area contributed by atoms with Crippen molar-refractivity contribution in [2.24, 2.45) is 0 Å². The van der Waals surface area contributed by atoms with Gasteiger partial charge in [-0.25, -0.2) is 0 Å². The molecular formula is C18H21ClN2O2. The summed E-state index contributed by atoms with van der Waals surface area (Å²) < 4.78 is 0. The van der Waals surface area contributed by atoms with Crippen LogP contribution in [-0.2, 0) is 17.8 Å². The van der Waals surface area contributed by atoms with Gasteiger partial charge in [-0.3, -0.25) is 4.79 Å². The maximum atomic E-state index is 12.0. The van der Waals surface area contributed by atoms with Crippen LogP contribution in [0.25, 0.3) is 0 Å². The van der Waals surface area contributed by atoms with Crippen LogP contribution in [0.5, 0.6) is 5.75 Å². The van der Waals surface area contributed by atoms with E-state index in [0.29, 0.717) is 23.6 Å². The number of nitrogens with zero attached hydrogens (tertiary/aromatic N) is 1. The van der Waals surface area contributed by atoms with Crippen molar-refractivity contribution in [3.63, 3.8) is 0 Å². The number of benzene rings is 2. The molecule has 2 aromatic rings. The minimum atomic E-state index is -0.0789. The quantitative estimate of drug-likeness (QED) is 0.848. The van der Waals surface area contributed by atoms with E-state index in [1.54, 1.807) is 24.3 Å². The van der Waals surface area contributed by atoms with E-state index >= 15 is 0 Å². The zero-order chi connectivity index (χ0) is 16.8. The molecule has 0 saturated carbocycles. The zero-order valence-electron chi connectivity index (χ0n) is 13.3. The number of nitrogens with one attached hydrogen (secondary N) is 1. The zero-order valence-corrected chi connectivity index (χ0v) is 14.1. The third-order valence-electron chi connectivity index (χ3n) is 3.37. The van der Waals surface area contributed by atoms with E-state index in [1.807, 2.05) is 37.2 Å². The number of rotatable bonds is 6. The number of aromatic hydroxyl groups is 1. The molecule has 0 aliphatic carbocycles. The van der Waals surface area contributed by atoms with E-state index < -0.39 is 0 Å². The topological polar surface area (TPSA) is 52.6 Å². The number of phenolic OH excluding ortho intramolecular Hbond substituents is 1. The first-order valence-corrected chi connectivity index (χ1v) is 7.83. The second kappa shape index (κ2) is 7.99. The molecule has 2 N–H and O–H groups in total. The lowest BCUT2D eigenvalue weighted by Crippen LogP contribution is -2.13. The second-order valence-corrected chi connectivity index (χ2v) is 6.17. The van der Waals surface area contributed by atoms with Gasteiger partial charge in [0.2, 0.25) is 5.91 Å². The molecule has 5 heteroatoms. The van der Waals surface area contributed by atoms with Crippen LogP contribution in [0, 0.1) is 0 Å². The van der Waals surface area contributed by atoms with Gasteiger partial charge in [0.05, 0.1) is 0 Å². The van der Waals surface area contributed by atoms with Gasteiger partial charge in [0.1, 0.15) is 5.75 Å². The minimum Gasteiger partial charge on any atom is -0.508 e. The molecule has 0 spiro atoms. The standard InChI is InChI=1S/C18H21ClN2O2/c1-21(2)12-14-7-8-15(11-17(14)19)20-18(23)9-6-13-4-3-5-16(22)10-13/h3-5,7-8,10-11,22H,6,9,12H2,1-2H3,(H,20,23). The normalized spacial score (nSPS) is 10.8. The van der Waals surface area contributed by atoms with Gasteiger partial charge in [0.25, 0.3) is 0 Å². The lowest BCUT2D eigenvalue weighted by molar-refractivity contribution is -0.116. The van der Waals surface area contributed by atoms with E-state index in [9.17, 15) is 9.90 Å². The smallest absolute Gasteiger partial charge is 0.224 e. The summed E-state index contributed by atoms with van der Waals surface area (Å²) in [6.45, 7) is 0.755. The predicted octanol–water partition coefficient (Wildman–Crippen LogP) is 3.68. The number of aryl methyl sites for hydroxylation is 1. The summed E-state index contributed by atoms with van der Waals surface area (Å²) in [7, 11) is 3.96. The Morgan fingerprint density at radius 1 is 1.22 bits per heavy atom. The van der Waals surface area contributed by atoms with Crippen molar-refractivity contribution in [3.05, 3.63) is 58.6 Å². The van der Waals surface area contributed by atoms with Crippen molar-refractivity contribution < 1.29 is 9.90 Å². The molecule has 0 radical (unpaired) electrons. The summed E-state index contributed by atoms with van der Waals surface area (Å²) in [5, 5.41) is 12.9. The summed E-state index contributed by atoms with van der Waals surface area (Å²) in [6, 6.07) is 12.5. The van der Waals surface area contributed by atoms with Crippen LogP contribution in [0.3, 0.4) is 0 Å². The highest BCUT2D eigenvalue weighted by molar-refractivity contribution is 6.31. The first-order chi connectivity index (χ1) is 10.9. The van der Waals surface area contributed by atoms with Gasteiger partial charge in [-0.05, 0) is 55.9 Å². The number of anilines is 1. The monoisotopic (exact) mass is 332 g/mol. The SMILES string of the molecule is CN(C)Cc1ccc(NC(=O)CCc2cccc(O)c2)cc1Cl. The van der Waals surface area contributed by atoms with Gasteiger partial charge in [-0.1, -0.05) is 29.8 Å². The fourth-order valence-corrected chi connectivity index (χ4v) is 2.53. The molecule has 0 saturated heterocycles. The number of halogens is 1. The Bertz CT molecular complexity index is 686. The van der Waals surface area contributed by atoms with Crippen molar-refractivity contribution >= 4 is 23.2 Å². The van der Waals surface area contributed by atoms with E-state index in [2.05, 4.69) is 5.32 Å². The van der Waals surface area contributed by atoms with E-state index in [0.717, 1.165) is 17.7 Å². The maximum Gasteiger partial charge on any atom is 0.224 e. The maximum absolute atomic E-state index is 12.0. The van der Waals surface area contributed by atoms with Crippen LogP contribution in [0.15, 0.2) is 42.5 Å². The van der Waals surface area contributed by atoms with Crippen LogP contribution in [-0.4, -0.2) is 30.0 Å². The summed E-state index contributed by atoms with van der Waals surface area (Å²) in [5.41, 5.74) is 2.65. The Balaban J connectivity index is 1.91. The van der Waals surface area contributed by atoms with Gasteiger partial charge in [-0.2, -0.15) is 0 Å². The molecule has 0 aliphatic rings. The molecule has 122 valence electrons. The molecule has 0 aromatic heterocycles. The number of amides is 1. The largest absolute Gasteiger partial charge is 0.508 e. The van der Waals surface area contributed by atoms with Crippen LogP contribution >= 0.6 is 11.6 Å². The van der Waals surface area contributed by atoms with Crippen LogP contribution < -0.4 is 5.32 Å². The molecule has 0 aliphatic heterocycles. The first kappa shape index (κ1) is 17.3. The van der Waals surface area contributed by atoms with Crippen LogP contribution in [0.1, 0.15) is 17.5 Å². The fraction of sp³-hybridized carbons (Fsp3) is 0.278. The van der Waals surface area contributed by atoms with Gasteiger partial charge in [0.15, 0.2) is 0 Å². The van der Waals surface area contributed by atoms with Crippen molar-refractivity contribution in [1.29, 1.82) is 0 Å². The minimum absolute atomic E-state index is 0.0789. The van der Waals surface area contributed by atoms with Crippen molar-refractivity contribution in [2.45, 2.75) is 19.4 Å². The van der Waals surface area contributed by atoms with Crippen LogP contribution in [0.4, 0.5) is 5.69 Å². The van der Waals surface area contributed by atoms with Gasteiger partial charge in [-0.15, -0.1) is 0 Å². The van der Waals surface area contributed by atoms with Crippen molar-refractivity contribution in [3.8, 4) is 5.75 Å². The average molecular weight is 333 g/mol. The predicted molar refractivity (Wildman–Crippen MR) is 93.9 cm³/mol. The van der Waals surface area contributed by atoms with Gasteiger partial charge >= 0.3 is 0 Å². The molecule has 2 rings (SSSR count). The average Bonchev–Trinajstić information content (AvgIpc) is 2.48. The Morgan fingerprint density at radius 2 is 2.00 bits per heavy atom. The Hall–Kier alpha value is -2.04. The van der Waals surface area contributed by atoms with Crippen molar-refractivity contribution in [1.82, 2.24) is 4.90 Å². The van der Waals surface area contributed by atoms with Gasteiger partial charge < -0.3 is 15.3 Å². The van der Waals surface area contributed by atoms with Gasteiger partial charge in [0, 0.05) is 23.7 Å². The summed E-state index contributed by atoms with van der Waals surface area (Å²) >= 11 is 6.24. The highest BCUT2D eigenvalue weighted by atomic mass is 35.5. The van der Waals surface area contributed by atoms with Crippen molar-refractivity contribution in [2.75, 3.05) is 19.4 Å². The molecule has 0 fully saturated rings. The molecule has 4 nitrogen and oxygen atoms in total. The lowest BCUT2D eigenvalue weighted by atomic mass is 10.1. The molecule has 0 unspecified atom stereocenters. The number of carbonyl (C=O) groups excluding carboxylic acids is 1. The number of hydrogen-bond donors (Lipinski definition) is 2. The number of phenols is 1. The fourth-order valence-electron chi connectivity index (χ4n) is 2.29. The summed E-state index contributed by atoms with van der Waals surface area (Å²) in [5.74, 6) is 0.135. The molecule has 23 heavy (non-hydrogen) atoms. The molecule has 0 atom stereocenters. The summed E-state index contributed by atoms with van der Waals surface area (Å²) in [6.07, 6.45) is 0.924. The first-order valence-electron chi connectivity index (χ1n) is 7.45. The lowest BCUT2D eigenvalue weighted by Gasteiger charge is -2.12. The third-order valence-corrected chi connectivity index (χ3v) is 3.73. The van der Waals surface area contributed by atoms with E-state index in [1.165, 1.54) is 0 Å². The second-order valence-electron chi connectivity index (χ2n) is 5.76. The summed E-state index contributed by atoms with van der Waals surface area (Å²) in [4.78, 5) is 14.1. The Labute approximate surface area is 141 Å². The highest BCUT2D eigenvalue weighted by Crippen LogP contribution is 2.22. The Morgan fingerprint density at radius 3 is 2.65 bits per heavy atom. The third kappa shape index (κ3) is 5.58. The number of carbonyl (C=O) groups is 1. The van der Waals surface area contributed by atoms with E-state index in [-0.39, 0.29) is 11.7 Å². The van der Waals surface area contributed by atoms with Crippen LogP contribution in [0.2, 0.25) is 5.02 Å². The van der Waals surface area contributed by atoms with E-state index in [4.69, 9.17) is 11.6 Å². The molecular weight excluding hydrogens is 312 g/mol. The number of hydrogen-bond acceptors (Lipinski definition) is 3. The molecule has 2 aromatic carbocycles. The molecule has 0 heterocycles. The molecule has 1 amide bonds.